The minimum Gasteiger partial charge on any atom is -0.383 e. The van der Waals surface area contributed by atoms with Gasteiger partial charge in [0.25, 0.3) is 0 Å². The van der Waals surface area contributed by atoms with Crippen molar-refractivity contribution in [2.45, 2.75) is 0 Å². The highest BCUT2D eigenvalue weighted by atomic mass is 32.1. The van der Waals surface area contributed by atoms with Crippen LogP contribution >= 0.6 is 11.3 Å². The number of aromatic nitrogens is 4. The molecular weight excluding hydrogens is 380 g/mol. The van der Waals surface area contributed by atoms with E-state index in [1.54, 1.807) is 29.9 Å². The quantitative estimate of drug-likeness (QED) is 0.381. The minimum absolute atomic E-state index is 0.279. The zero-order chi connectivity index (χ0) is 19.8. The molecular formula is C22H16N6S. The van der Waals surface area contributed by atoms with Crippen LogP contribution in [-0.4, -0.2) is 25.6 Å². The summed E-state index contributed by atoms with van der Waals surface area (Å²) in [4.78, 5) is 17.6. The zero-order valence-electron chi connectivity index (χ0n) is 15.3. The van der Waals surface area contributed by atoms with Gasteiger partial charge in [-0.25, -0.2) is 4.98 Å². The second kappa shape index (κ2) is 6.96. The number of nitrogens with two attached hydrogens (primary N) is 1. The molecule has 0 radical (unpaired) electrons. The largest absolute Gasteiger partial charge is 0.383 e. The Bertz CT molecular complexity index is 1320. The average molecular weight is 396 g/mol. The van der Waals surface area contributed by atoms with Crippen molar-refractivity contribution in [3.63, 3.8) is 0 Å². The summed E-state index contributed by atoms with van der Waals surface area (Å²) in [5.41, 5.74) is 11.0. The lowest BCUT2D eigenvalue weighted by atomic mass is 10.0. The summed E-state index contributed by atoms with van der Waals surface area (Å²) in [5.74, 6) is 0.310. The Morgan fingerprint density at radius 1 is 1.00 bits per heavy atom. The van der Waals surface area contributed by atoms with E-state index >= 15 is 0 Å². The van der Waals surface area contributed by atoms with Crippen LogP contribution in [0.15, 0.2) is 72.5 Å². The third-order valence-electron chi connectivity index (χ3n) is 4.72. The SMILES string of the molecule is N=C(c1cc2c(-c3cccs3)nccc2[nH]1)c1cc(-c2ccccn2)cnc1N. The molecule has 0 unspecified atom stereocenters. The monoisotopic (exact) mass is 396 g/mol. The second-order valence-corrected chi connectivity index (χ2v) is 7.48. The summed E-state index contributed by atoms with van der Waals surface area (Å²) in [6, 6.07) is 15.5. The highest BCUT2D eigenvalue weighted by molar-refractivity contribution is 7.13. The Balaban J connectivity index is 1.59. The van der Waals surface area contributed by atoms with Gasteiger partial charge in [-0.2, -0.15) is 0 Å². The number of hydrogen-bond acceptors (Lipinski definition) is 6. The molecule has 0 aliphatic rings. The summed E-state index contributed by atoms with van der Waals surface area (Å²) < 4.78 is 0. The molecule has 0 saturated heterocycles. The summed E-state index contributed by atoms with van der Waals surface area (Å²) in [5, 5.41) is 11.8. The predicted molar refractivity (Wildman–Crippen MR) is 117 cm³/mol. The molecule has 5 heterocycles. The first-order valence-corrected chi connectivity index (χ1v) is 9.86. The van der Waals surface area contributed by atoms with Gasteiger partial charge in [0, 0.05) is 40.6 Å². The molecule has 0 atom stereocenters. The lowest BCUT2D eigenvalue weighted by molar-refractivity contribution is 1.27. The van der Waals surface area contributed by atoms with Crippen LogP contribution in [0.4, 0.5) is 5.82 Å². The van der Waals surface area contributed by atoms with Gasteiger partial charge in [0.1, 0.15) is 5.82 Å². The Labute approximate surface area is 170 Å². The molecule has 7 heteroatoms. The number of thiophene rings is 1. The van der Waals surface area contributed by atoms with Crippen molar-refractivity contribution in [1.82, 2.24) is 19.9 Å². The number of nitrogens with one attached hydrogen (secondary N) is 2. The fourth-order valence-electron chi connectivity index (χ4n) is 3.29. The molecule has 140 valence electrons. The van der Waals surface area contributed by atoms with Crippen LogP contribution in [0.2, 0.25) is 0 Å². The molecule has 0 amide bonds. The number of pyridine rings is 3. The number of nitrogens with zero attached hydrogens (tertiary/aromatic N) is 3. The van der Waals surface area contributed by atoms with Crippen molar-refractivity contribution < 1.29 is 0 Å². The molecule has 0 aliphatic heterocycles. The molecule has 5 aromatic rings. The molecule has 29 heavy (non-hydrogen) atoms. The Morgan fingerprint density at radius 2 is 1.93 bits per heavy atom. The van der Waals surface area contributed by atoms with Gasteiger partial charge < -0.3 is 10.7 Å². The van der Waals surface area contributed by atoms with E-state index in [-0.39, 0.29) is 5.71 Å². The van der Waals surface area contributed by atoms with Crippen molar-refractivity contribution >= 4 is 33.8 Å². The summed E-state index contributed by atoms with van der Waals surface area (Å²) >= 11 is 1.64. The molecule has 4 N–H and O–H groups in total. The van der Waals surface area contributed by atoms with Crippen LogP contribution in [0, 0.1) is 5.41 Å². The van der Waals surface area contributed by atoms with Crippen molar-refractivity contribution in [3.05, 3.63) is 83.8 Å². The van der Waals surface area contributed by atoms with Gasteiger partial charge in [-0.05, 0) is 41.8 Å². The molecule has 0 fully saturated rings. The topological polar surface area (TPSA) is 104 Å². The van der Waals surface area contributed by atoms with Crippen LogP contribution in [0.5, 0.6) is 0 Å². The van der Waals surface area contributed by atoms with E-state index in [0.29, 0.717) is 17.1 Å². The third-order valence-corrected chi connectivity index (χ3v) is 5.60. The van der Waals surface area contributed by atoms with E-state index in [2.05, 4.69) is 19.9 Å². The maximum Gasteiger partial charge on any atom is 0.132 e. The van der Waals surface area contributed by atoms with Gasteiger partial charge in [0.05, 0.1) is 27.7 Å². The van der Waals surface area contributed by atoms with Crippen molar-refractivity contribution in [1.29, 1.82) is 5.41 Å². The Morgan fingerprint density at radius 3 is 2.72 bits per heavy atom. The van der Waals surface area contributed by atoms with E-state index in [4.69, 9.17) is 11.1 Å². The van der Waals surface area contributed by atoms with Crippen molar-refractivity contribution in [2.75, 3.05) is 5.73 Å². The molecule has 0 saturated carbocycles. The summed E-state index contributed by atoms with van der Waals surface area (Å²) in [7, 11) is 0. The van der Waals surface area contributed by atoms with Gasteiger partial charge in [-0.3, -0.25) is 15.4 Å². The minimum atomic E-state index is 0.279. The number of hydrogen-bond donors (Lipinski definition) is 3. The Kier molecular flexibility index (Phi) is 4.14. The number of nitrogen functional groups attached to an aromatic ring is 1. The molecule has 6 nitrogen and oxygen atoms in total. The molecule has 0 aromatic carbocycles. The van der Waals surface area contributed by atoms with Crippen LogP contribution in [0.25, 0.3) is 32.7 Å². The van der Waals surface area contributed by atoms with Crippen LogP contribution in [0.1, 0.15) is 11.3 Å². The lowest BCUT2D eigenvalue weighted by Gasteiger charge is -2.08. The zero-order valence-corrected chi connectivity index (χ0v) is 16.1. The van der Waals surface area contributed by atoms with Gasteiger partial charge in [0.15, 0.2) is 0 Å². The second-order valence-electron chi connectivity index (χ2n) is 6.53. The van der Waals surface area contributed by atoms with Crippen LogP contribution in [-0.2, 0) is 0 Å². The van der Waals surface area contributed by atoms with E-state index < -0.39 is 0 Å². The summed E-state index contributed by atoms with van der Waals surface area (Å²) in [6.07, 6.45) is 5.19. The van der Waals surface area contributed by atoms with Gasteiger partial charge in [0.2, 0.25) is 0 Å². The molecule has 5 aromatic heterocycles. The number of fused-ring (bicyclic) bond motifs is 1. The Hall–Kier alpha value is -3.84. The molecule has 0 aliphatic carbocycles. The smallest absolute Gasteiger partial charge is 0.132 e. The third kappa shape index (κ3) is 3.07. The van der Waals surface area contributed by atoms with E-state index in [1.165, 1.54) is 0 Å². The maximum absolute atomic E-state index is 8.76. The van der Waals surface area contributed by atoms with Crippen LogP contribution in [0.3, 0.4) is 0 Å². The average Bonchev–Trinajstić information content (AvgIpc) is 3.44. The normalized spacial score (nSPS) is 11.0. The maximum atomic E-state index is 8.76. The highest BCUT2D eigenvalue weighted by Crippen LogP contribution is 2.31. The fourth-order valence-corrected chi connectivity index (χ4v) is 4.03. The fraction of sp³-hybridized carbons (Fsp3) is 0. The molecule has 5 rings (SSSR count). The first-order chi connectivity index (χ1) is 14.2. The first kappa shape index (κ1) is 17.3. The van der Waals surface area contributed by atoms with Gasteiger partial charge in [-0.1, -0.05) is 12.1 Å². The van der Waals surface area contributed by atoms with Crippen molar-refractivity contribution in [2.24, 2.45) is 0 Å². The first-order valence-electron chi connectivity index (χ1n) is 8.98. The van der Waals surface area contributed by atoms with E-state index in [0.717, 1.165) is 32.7 Å². The van der Waals surface area contributed by atoms with Gasteiger partial charge in [-0.15, -0.1) is 11.3 Å². The summed E-state index contributed by atoms with van der Waals surface area (Å²) in [6.45, 7) is 0. The number of anilines is 1. The number of aromatic amines is 1. The highest BCUT2D eigenvalue weighted by Gasteiger charge is 2.16. The molecule has 0 spiro atoms. The predicted octanol–water partition coefficient (Wildman–Crippen LogP) is 4.75. The number of H-pyrrole nitrogens is 1. The number of rotatable bonds is 4. The van der Waals surface area contributed by atoms with Crippen LogP contribution < -0.4 is 5.73 Å². The lowest BCUT2D eigenvalue weighted by Crippen LogP contribution is -2.08. The van der Waals surface area contributed by atoms with E-state index in [1.807, 2.05) is 53.9 Å². The van der Waals surface area contributed by atoms with E-state index in [9.17, 15) is 0 Å². The standard InChI is InChI=1S/C22H16N6S/c23-20(15-10-13(12-27-22(15)24)16-4-1-2-7-25-16)18-11-14-17(28-18)6-8-26-21(14)19-5-3-9-29-19/h1-12,23,28H,(H2,24,27). The molecule has 0 bridgehead atoms. The van der Waals surface area contributed by atoms with Gasteiger partial charge >= 0.3 is 0 Å². The van der Waals surface area contributed by atoms with Crippen molar-refractivity contribution in [3.8, 4) is 21.8 Å².